The molecular weight excluding hydrogens is 216 g/mol. The van der Waals surface area contributed by atoms with E-state index in [9.17, 15) is 0 Å². The van der Waals surface area contributed by atoms with E-state index in [0.29, 0.717) is 0 Å². The van der Waals surface area contributed by atoms with Gasteiger partial charge in [-0.25, -0.2) is 4.98 Å². The Kier molecular flexibility index (Phi) is 7.04. The summed E-state index contributed by atoms with van der Waals surface area (Å²) in [6.07, 6.45) is 2.93. The molecule has 0 saturated heterocycles. The van der Waals surface area contributed by atoms with Crippen LogP contribution in [0, 0.1) is 0 Å². The third-order valence-electron chi connectivity index (χ3n) is 1.62. The fourth-order valence-corrected chi connectivity index (χ4v) is 2.56. The van der Waals surface area contributed by atoms with Gasteiger partial charge in [-0.05, 0) is 13.0 Å². The Morgan fingerprint density at radius 2 is 2.50 bits per heavy atom. The van der Waals surface area contributed by atoms with Crippen LogP contribution in [0.15, 0.2) is 15.9 Å². The van der Waals surface area contributed by atoms with Gasteiger partial charge in [0.15, 0.2) is 0 Å². The monoisotopic (exact) mass is 232 g/mol. The molecule has 14 heavy (non-hydrogen) atoms. The predicted octanol–water partition coefficient (Wildman–Crippen LogP) is 1.86. The molecule has 3 nitrogen and oxygen atoms in total. The molecule has 0 aliphatic heterocycles. The van der Waals surface area contributed by atoms with Gasteiger partial charge in [0.25, 0.3) is 0 Å². The number of thioether (sulfide) groups is 1. The minimum absolute atomic E-state index is 0.840. The van der Waals surface area contributed by atoms with Crippen LogP contribution in [0.5, 0.6) is 0 Å². The third kappa shape index (κ3) is 5.59. The number of hydrogen-bond acceptors (Lipinski definition) is 5. The molecule has 0 atom stereocenters. The molecule has 0 amide bonds. The largest absolute Gasteiger partial charge is 0.385 e. The number of nitrogens with one attached hydrogen (secondary N) is 1. The molecule has 0 aliphatic carbocycles. The second-order valence-electron chi connectivity index (χ2n) is 2.74. The summed E-state index contributed by atoms with van der Waals surface area (Å²) in [6.45, 7) is 2.91. The average molecular weight is 232 g/mol. The summed E-state index contributed by atoms with van der Waals surface area (Å²) in [6, 6.07) is 0. The van der Waals surface area contributed by atoms with Crippen molar-refractivity contribution in [2.75, 3.05) is 32.6 Å². The summed E-state index contributed by atoms with van der Waals surface area (Å²) in [7, 11) is 1.73. The molecule has 1 aromatic rings. The minimum atomic E-state index is 0.840. The molecule has 0 bridgehead atoms. The van der Waals surface area contributed by atoms with Crippen molar-refractivity contribution in [3.63, 3.8) is 0 Å². The number of hydrogen-bond donors (Lipinski definition) is 1. The molecule has 5 heteroatoms. The van der Waals surface area contributed by atoms with Gasteiger partial charge < -0.3 is 10.1 Å². The quantitative estimate of drug-likeness (QED) is 0.548. The molecule has 1 aromatic heterocycles. The maximum atomic E-state index is 4.95. The van der Waals surface area contributed by atoms with Crippen LogP contribution in [0.1, 0.15) is 6.42 Å². The lowest BCUT2D eigenvalue weighted by molar-refractivity contribution is 0.194. The van der Waals surface area contributed by atoms with E-state index < -0.39 is 0 Å². The molecule has 0 aromatic carbocycles. The van der Waals surface area contributed by atoms with Gasteiger partial charge in [0.05, 0.1) is 0 Å². The first-order valence-corrected chi connectivity index (χ1v) is 6.52. The molecule has 0 aliphatic rings. The highest BCUT2D eigenvalue weighted by molar-refractivity contribution is 8.01. The number of aromatic nitrogens is 1. The van der Waals surface area contributed by atoms with E-state index in [0.717, 1.165) is 36.2 Å². The minimum Gasteiger partial charge on any atom is -0.385 e. The first kappa shape index (κ1) is 12.0. The van der Waals surface area contributed by atoms with Crippen LogP contribution in [0.2, 0.25) is 0 Å². The summed E-state index contributed by atoms with van der Waals surface area (Å²) in [5.41, 5.74) is 0. The Labute approximate surface area is 93.3 Å². The standard InChI is InChI=1S/C9H16N2OS2/c1-12-6-2-3-10-4-7-13-9-11-5-8-14-9/h5,8,10H,2-4,6-7H2,1H3. The Hall–Kier alpha value is -0.100. The van der Waals surface area contributed by atoms with Crippen molar-refractivity contribution in [2.45, 2.75) is 10.8 Å². The van der Waals surface area contributed by atoms with Crippen molar-refractivity contribution < 1.29 is 4.74 Å². The number of rotatable bonds is 8. The first-order chi connectivity index (χ1) is 6.93. The fraction of sp³-hybridized carbons (Fsp3) is 0.667. The maximum absolute atomic E-state index is 4.95. The van der Waals surface area contributed by atoms with Gasteiger partial charge in [0, 0.05) is 37.6 Å². The van der Waals surface area contributed by atoms with Gasteiger partial charge in [-0.15, -0.1) is 11.3 Å². The third-order valence-corrected chi connectivity index (χ3v) is 3.58. The Balaban J connectivity index is 1.85. The zero-order valence-corrected chi connectivity index (χ0v) is 10.00. The van der Waals surface area contributed by atoms with Crippen LogP contribution in [-0.2, 0) is 4.74 Å². The van der Waals surface area contributed by atoms with E-state index >= 15 is 0 Å². The summed E-state index contributed by atoms with van der Waals surface area (Å²) in [5.74, 6) is 1.08. The van der Waals surface area contributed by atoms with E-state index in [4.69, 9.17) is 4.74 Å². The number of methoxy groups -OCH3 is 1. The predicted molar refractivity (Wildman–Crippen MR) is 62.2 cm³/mol. The number of ether oxygens (including phenoxy) is 1. The maximum Gasteiger partial charge on any atom is 0.149 e. The topological polar surface area (TPSA) is 34.1 Å². The van der Waals surface area contributed by atoms with Crippen LogP contribution in [-0.4, -0.2) is 37.5 Å². The molecule has 0 radical (unpaired) electrons. The second-order valence-corrected chi connectivity index (χ2v) is 4.98. The van der Waals surface area contributed by atoms with Gasteiger partial charge in [0.2, 0.25) is 0 Å². The van der Waals surface area contributed by atoms with Crippen LogP contribution in [0.3, 0.4) is 0 Å². The highest BCUT2D eigenvalue weighted by Gasteiger charge is 1.95. The van der Waals surface area contributed by atoms with Crippen molar-refractivity contribution in [1.29, 1.82) is 0 Å². The second kappa shape index (κ2) is 8.23. The first-order valence-electron chi connectivity index (χ1n) is 4.65. The lowest BCUT2D eigenvalue weighted by atomic mass is 10.4. The molecule has 0 saturated carbocycles. The Morgan fingerprint density at radius 3 is 3.21 bits per heavy atom. The average Bonchev–Trinajstić information content (AvgIpc) is 2.69. The SMILES string of the molecule is COCCCNCCSc1nccs1. The van der Waals surface area contributed by atoms with Gasteiger partial charge in [0.1, 0.15) is 4.34 Å². The normalized spacial score (nSPS) is 10.6. The van der Waals surface area contributed by atoms with Gasteiger partial charge in [-0.1, -0.05) is 11.8 Å². The van der Waals surface area contributed by atoms with Crippen molar-refractivity contribution in [1.82, 2.24) is 10.3 Å². The van der Waals surface area contributed by atoms with E-state index in [1.807, 2.05) is 11.6 Å². The molecule has 1 rings (SSSR count). The molecule has 80 valence electrons. The Bertz CT molecular complexity index is 217. The molecule has 1 N–H and O–H groups in total. The zero-order chi connectivity index (χ0) is 10.1. The summed E-state index contributed by atoms with van der Waals surface area (Å²) in [5, 5.41) is 5.37. The summed E-state index contributed by atoms with van der Waals surface area (Å²) < 4.78 is 6.11. The van der Waals surface area contributed by atoms with E-state index in [1.165, 1.54) is 0 Å². The number of thiazole rings is 1. The van der Waals surface area contributed by atoms with Crippen LogP contribution in [0.25, 0.3) is 0 Å². The molecule has 1 heterocycles. The number of nitrogens with zero attached hydrogens (tertiary/aromatic N) is 1. The van der Waals surface area contributed by atoms with Gasteiger partial charge >= 0.3 is 0 Å². The van der Waals surface area contributed by atoms with Gasteiger partial charge in [-0.2, -0.15) is 0 Å². The van der Waals surface area contributed by atoms with Crippen LogP contribution < -0.4 is 5.32 Å². The van der Waals surface area contributed by atoms with E-state index in [1.54, 1.807) is 30.2 Å². The Morgan fingerprint density at radius 1 is 1.57 bits per heavy atom. The highest BCUT2D eigenvalue weighted by atomic mass is 32.2. The fourth-order valence-electron chi connectivity index (χ4n) is 0.959. The van der Waals surface area contributed by atoms with E-state index in [-0.39, 0.29) is 0 Å². The lowest BCUT2D eigenvalue weighted by Crippen LogP contribution is -2.19. The summed E-state index contributed by atoms with van der Waals surface area (Å²) >= 11 is 3.50. The highest BCUT2D eigenvalue weighted by Crippen LogP contribution is 2.18. The zero-order valence-electron chi connectivity index (χ0n) is 8.36. The molecule has 0 fully saturated rings. The lowest BCUT2D eigenvalue weighted by Gasteiger charge is -2.02. The van der Waals surface area contributed by atoms with Crippen molar-refractivity contribution >= 4 is 23.1 Å². The van der Waals surface area contributed by atoms with Crippen molar-refractivity contribution in [3.8, 4) is 0 Å². The van der Waals surface area contributed by atoms with E-state index in [2.05, 4.69) is 10.3 Å². The molecule has 0 unspecified atom stereocenters. The summed E-state index contributed by atoms with van der Waals surface area (Å²) in [4.78, 5) is 4.20. The van der Waals surface area contributed by atoms with Crippen LogP contribution in [0.4, 0.5) is 0 Å². The van der Waals surface area contributed by atoms with Gasteiger partial charge in [-0.3, -0.25) is 0 Å². The smallest absolute Gasteiger partial charge is 0.149 e. The molecular formula is C9H16N2OS2. The van der Waals surface area contributed by atoms with Crippen LogP contribution >= 0.6 is 23.1 Å². The van der Waals surface area contributed by atoms with Crippen molar-refractivity contribution in [2.24, 2.45) is 0 Å². The van der Waals surface area contributed by atoms with Crippen molar-refractivity contribution in [3.05, 3.63) is 11.6 Å². The molecule has 0 spiro atoms.